The van der Waals surface area contributed by atoms with E-state index < -0.39 is 0 Å². The van der Waals surface area contributed by atoms with Gasteiger partial charge >= 0.3 is 0 Å². The van der Waals surface area contributed by atoms with Crippen LogP contribution in [0.3, 0.4) is 0 Å². The van der Waals surface area contributed by atoms with E-state index in [-0.39, 0.29) is 0 Å². The van der Waals surface area contributed by atoms with Crippen LogP contribution in [0, 0.1) is 65.1 Å². The second-order valence-electron chi connectivity index (χ2n) is 19.6. The van der Waals surface area contributed by atoms with E-state index in [2.05, 4.69) is 77.5 Å². The number of benzene rings is 1. The third kappa shape index (κ3) is 5.46. The molecule has 16 atom stereocenters. The summed E-state index contributed by atoms with van der Waals surface area (Å²) < 4.78 is 0. The normalized spacial score (nSPS) is 48.9. The van der Waals surface area contributed by atoms with Gasteiger partial charge < -0.3 is 4.90 Å². The van der Waals surface area contributed by atoms with Gasteiger partial charge in [-0.3, -0.25) is 10.2 Å². The minimum Gasteiger partial charge on any atom is -0.342 e. The average molecular weight is 676 g/mol. The van der Waals surface area contributed by atoms with Gasteiger partial charge in [0.25, 0.3) is 0 Å². The maximum Gasteiger partial charge on any atom is 0.0607 e. The van der Waals surface area contributed by atoms with E-state index in [1.165, 1.54) is 128 Å². The van der Waals surface area contributed by atoms with Crippen molar-refractivity contribution in [1.82, 2.24) is 10.2 Å². The molecule has 1 aromatic rings. The largest absolute Gasteiger partial charge is 0.342 e. The lowest BCUT2D eigenvalue weighted by Crippen LogP contribution is -2.64. The van der Waals surface area contributed by atoms with Crippen LogP contribution in [0.15, 0.2) is 54.3 Å². The summed E-state index contributed by atoms with van der Waals surface area (Å²) in [6.45, 7) is 5.35. The molecule has 16 unspecified atom stereocenters. The van der Waals surface area contributed by atoms with E-state index in [9.17, 15) is 0 Å². The van der Waals surface area contributed by atoms with Gasteiger partial charge in [-0.05, 0) is 155 Å². The van der Waals surface area contributed by atoms with Gasteiger partial charge in [-0.1, -0.05) is 88.8 Å². The molecule has 1 N–H and O–H groups in total. The molecule has 9 aliphatic rings. The van der Waals surface area contributed by atoms with Crippen molar-refractivity contribution >= 4 is 5.69 Å². The molecule has 3 saturated heterocycles. The summed E-state index contributed by atoms with van der Waals surface area (Å²) in [5.41, 5.74) is 3.19. The molecule has 3 aliphatic heterocycles. The zero-order chi connectivity index (χ0) is 33.3. The highest BCUT2D eigenvalue weighted by atomic mass is 15.3. The second-order valence-corrected chi connectivity index (χ2v) is 19.6. The van der Waals surface area contributed by atoms with Crippen LogP contribution in [0.4, 0.5) is 5.69 Å². The van der Waals surface area contributed by atoms with Gasteiger partial charge in [-0.15, -0.1) is 0 Å². The Balaban J connectivity index is 0.905. The molecule has 50 heavy (non-hydrogen) atoms. The molecule has 0 radical (unpaired) electrons. The van der Waals surface area contributed by atoms with Crippen LogP contribution in [-0.2, 0) is 0 Å². The molecule has 3 heterocycles. The van der Waals surface area contributed by atoms with Crippen molar-refractivity contribution < 1.29 is 0 Å². The van der Waals surface area contributed by atoms with Crippen LogP contribution in [0.5, 0.6) is 0 Å². The smallest absolute Gasteiger partial charge is 0.0607 e. The van der Waals surface area contributed by atoms with Crippen molar-refractivity contribution in [2.75, 3.05) is 4.90 Å². The van der Waals surface area contributed by atoms with Crippen LogP contribution >= 0.6 is 0 Å². The number of para-hydroxylation sites is 1. The lowest BCUT2D eigenvalue weighted by atomic mass is 9.60. The third-order valence-corrected chi connectivity index (χ3v) is 17.6. The molecule has 0 amide bonds. The molecule has 0 spiro atoms. The predicted molar refractivity (Wildman–Crippen MR) is 208 cm³/mol. The minimum absolute atomic E-state index is 0.629. The van der Waals surface area contributed by atoms with Gasteiger partial charge in [0.15, 0.2) is 0 Å². The number of piperidine rings is 1. The van der Waals surface area contributed by atoms with Gasteiger partial charge in [0.1, 0.15) is 0 Å². The van der Waals surface area contributed by atoms with Crippen LogP contribution in [0.25, 0.3) is 0 Å². The molecule has 7 fully saturated rings. The molecule has 6 aliphatic carbocycles. The Labute approximate surface area is 305 Å². The van der Waals surface area contributed by atoms with Crippen molar-refractivity contribution in [2.45, 2.75) is 166 Å². The maximum atomic E-state index is 4.50. The maximum absolute atomic E-state index is 4.50. The zero-order valence-corrected chi connectivity index (χ0v) is 31.7. The molecule has 272 valence electrons. The van der Waals surface area contributed by atoms with Gasteiger partial charge in [-0.2, -0.15) is 0 Å². The first-order chi connectivity index (χ1) is 24.7. The highest BCUT2D eigenvalue weighted by Gasteiger charge is 2.58. The number of hydrogen-bond donors (Lipinski definition) is 1. The van der Waals surface area contributed by atoms with E-state index >= 15 is 0 Å². The van der Waals surface area contributed by atoms with Crippen molar-refractivity contribution in [3.05, 3.63) is 54.3 Å². The average Bonchev–Trinajstić information content (AvgIpc) is 3.68. The first-order valence-electron chi connectivity index (χ1n) is 22.4. The summed E-state index contributed by atoms with van der Waals surface area (Å²) in [6, 6.07) is 14.7. The number of nitrogens with one attached hydrogen (secondary N) is 1. The summed E-state index contributed by atoms with van der Waals surface area (Å²) >= 11 is 0. The van der Waals surface area contributed by atoms with E-state index in [1.807, 2.05) is 0 Å². The molecule has 4 saturated carbocycles. The lowest BCUT2D eigenvalue weighted by molar-refractivity contribution is -0.0381. The molecule has 3 heteroatoms. The highest BCUT2D eigenvalue weighted by Crippen LogP contribution is 2.59. The van der Waals surface area contributed by atoms with Crippen LogP contribution < -0.4 is 10.2 Å². The van der Waals surface area contributed by atoms with Crippen molar-refractivity contribution in [1.29, 1.82) is 0 Å². The lowest BCUT2D eigenvalue weighted by Gasteiger charge is -2.54. The number of fused-ring (bicyclic) bond motifs is 7. The van der Waals surface area contributed by atoms with Crippen molar-refractivity contribution in [3.8, 4) is 0 Å². The number of likely N-dealkylation sites (tertiary alicyclic amines) is 1. The van der Waals surface area contributed by atoms with Crippen LogP contribution in [0.2, 0.25) is 0 Å². The van der Waals surface area contributed by atoms with Crippen molar-refractivity contribution in [2.24, 2.45) is 65.1 Å². The van der Waals surface area contributed by atoms with E-state index in [0.717, 1.165) is 89.3 Å². The fraction of sp³-hybridized carbons (Fsp3) is 0.787. The summed E-state index contributed by atoms with van der Waals surface area (Å²) in [6.07, 6.45) is 36.1. The molecule has 3 nitrogen and oxygen atoms in total. The van der Waals surface area contributed by atoms with Gasteiger partial charge in [-0.25, -0.2) is 0 Å². The molecule has 0 bridgehead atoms. The quantitative estimate of drug-likeness (QED) is 0.321. The van der Waals surface area contributed by atoms with Crippen molar-refractivity contribution in [3.63, 3.8) is 0 Å². The fourth-order valence-electron chi connectivity index (χ4n) is 15.7. The number of anilines is 1. The summed E-state index contributed by atoms with van der Waals surface area (Å²) in [4.78, 5) is 6.11. The summed E-state index contributed by atoms with van der Waals surface area (Å²) in [5.74, 6) is 9.71. The molecule has 10 rings (SSSR count). The van der Waals surface area contributed by atoms with E-state index in [0.29, 0.717) is 6.17 Å². The SMILES string of the molecule is CC1CCCC2NC(N3C4CCCCC4C4CC(C5CC=C6C(C5C)C5CCCCC5N6c5ccccc5)CCC43)CC(C3C=CCCC3)C12. The Hall–Kier alpha value is -1.58. The Morgan fingerprint density at radius 2 is 1.46 bits per heavy atom. The number of allylic oxidation sites excluding steroid dienone is 4. The topological polar surface area (TPSA) is 18.5 Å². The van der Waals surface area contributed by atoms with Gasteiger partial charge in [0.05, 0.1) is 6.17 Å². The van der Waals surface area contributed by atoms with E-state index in [4.69, 9.17) is 0 Å². The number of hydrogen-bond acceptors (Lipinski definition) is 3. The molecular formula is C47H69N3. The first-order valence-corrected chi connectivity index (χ1v) is 22.4. The first kappa shape index (κ1) is 33.0. The van der Waals surface area contributed by atoms with E-state index in [1.54, 1.807) is 5.70 Å². The Morgan fingerprint density at radius 1 is 0.660 bits per heavy atom. The monoisotopic (exact) mass is 676 g/mol. The van der Waals surface area contributed by atoms with Crippen LogP contribution in [0.1, 0.15) is 136 Å². The van der Waals surface area contributed by atoms with Gasteiger partial charge in [0, 0.05) is 41.5 Å². The fourth-order valence-corrected chi connectivity index (χ4v) is 15.7. The summed E-state index contributed by atoms with van der Waals surface area (Å²) in [7, 11) is 0. The third-order valence-electron chi connectivity index (χ3n) is 17.6. The summed E-state index contributed by atoms with van der Waals surface area (Å²) in [5, 5.41) is 4.50. The Kier molecular flexibility index (Phi) is 9.04. The Bertz CT molecular complexity index is 1400. The van der Waals surface area contributed by atoms with Gasteiger partial charge in [0.2, 0.25) is 0 Å². The Morgan fingerprint density at radius 3 is 2.30 bits per heavy atom. The molecule has 0 aromatic heterocycles. The standard InChI is InChI=1S/C47H69N3/c1-30-14-13-21-40-46(30)38(32-15-5-3-6-16-32)29-45(48-40)50-41-22-11-9-19-36(41)39-28-33(24-26-43(39)50)35-25-27-44-47(31(35)2)37-20-10-12-23-42(37)49(44)34-17-7-4-8-18-34/h4-5,7-8,15,17-18,27,30-33,35-43,45-48H,3,6,9-14,16,19-26,28-29H2,1-2H3. The van der Waals surface area contributed by atoms with Crippen LogP contribution in [-0.4, -0.2) is 35.2 Å². The number of nitrogens with zero attached hydrogens (tertiary/aromatic N) is 2. The molecular weight excluding hydrogens is 607 g/mol. The number of rotatable bonds is 4. The second kappa shape index (κ2) is 13.7. The highest BCUT2D eigenvalue weighted by molar-refractivity contribution is 5.57. The zero-order valence-electron chi connectivity index (χ0n) is 31.7. The predicted octanol–water partition coefficient (Wildman–Crippen LogP) is 11.0. The minimum atomic E-state index is 0.629. The molecule has 1 aromatic carbocycles.